The fourth-order valence-electron chi connectivity index (χ4n) is 3.49. The minimum Gasteiger partial charge on any atom is -0.351 e. The van der Waals surface area contributed by atoms with Crippen molar-refractivity contribution >= 4 is 5.91 Å². The van der Waals surface area contributed by atoms with Gasteiger partial charge in [-0.05, 0) is 25.2 Å². The fourth-order valence-corrected chi connectivity index (χ4v) is 3.49. The van der Waals surface area contributed by atoms with Gasteiger partial charge in [-0.15, -0.1) is 0 Å². The molecule has 1 aromatic rings. The van der Waals surface area contributed by atoms with Crippen LogP contribution in [0.2, 0.25) is 0 Å². The van der Waals surface area contributed by atoms with Crippen LogP contribution in [0.5, 0.6) is 0 Å². The van der Waals surface area contributed by atoms with Gasteiger partial charge in [0.2, 0.25) is 0 Å². The average Bonchev–Trinajstić information content (AvgIpc) is 2.90. The number of hydrogen-bond acceptors (Lipinski definition) is 3. The van der Waals surface area contributed by atoms with Crippen molar-refractivity contribution in [1.82, 2.24) is 20.0 Å². The molecule has 8 heteroatoms. The van der Waals surface area contributed by atoms with E-state index in [0.29, 0.717) is 24.9 Å². The topological polar surface area (TPSA) is 50.2 Å². The van der Waals surface area contributed by atoms with E-state index in [9.17, 15) is 18.0 Å². The Morgan fingerprint density at radius 2 is 1.96 bits per heavy atom. The van der Waals surface area contributed by atoms with Crippen molar-refractivity contribution in [2.75, 3.05) is 26.2 Å². The molecule has 5 nitrogen and oxygen atoms in total. The molecule has 2 rings (SSSR count). The fraction of sp³-hybridized carbons (Fsp3) is 0.750. The van der Waals surface area contributed by atoms with Gasteiger partial charge in [-0.3, -0.25) is 9.48 Å². The lowest BCUT2D eigenvalue weighted by atomic mass is 9.92. The molecule has 136 valence electrons. The Labute approximate surface area is 140 Å². The quantitative estimate of drug-likeness (QED) is 0.892. The third-order valence-electron chi connectivity index (χ3n) is 4.31. The predicted molar refractivity (Wildman–Crippen MR) is 84.6 cm³/mol. The number of amides is 1. The number of carbonyl (C=O) groups excluding carboxylic acids is 1. The number of alkyl halides is 3. The molecule has 1 aromatic heterocycles. The molecule has 1 aliphatic heterocycles. The molecule has 24 heavy (non-hydrogen) atoms. The maximum absolute atomic E-state index is 13.1. The second kappa shape index (κ2) is 7.55. The zero-order valence-corrected chi connectivity index (χ0v) is 14.4. The molecular weight excluding hydrogens is 321 g/mol. The summed E-state index contributed by atoms with van der Waals surface area (Å²) < 4.78 is 40.2. The first-order valence-electron chi connectivity index (χ1n) is 8.35. The Bertz CT molecular complexity index is 560. The second-order valence-corrected chi connectivity index (χ2v) is 6.68. The zero-order chi connectivity index (χ0) is 17.9. The summed E-state index contributed by atoms with van der Waals surface area (Å²) in [5.41, 5.74) is -1.40. The Hall–Kier alpha value is -1.57. The molecule has 1 amide bonds. The normalized spacial score (nSPS) is 22.6. The highest BCUT2D eigenvalue weighted by molar-refractivity contribution is 5.95. The summed E-state index contributed by atoms with van der Waals surface area (Å²) in [6.07, 6.45) is -2.42. The van der Waals surface area contributed by atoms with Crippen molar-refractivity contribution in [3.8, 4) is 0 Å². The van der Waals surface area contributed by atoms with Crippen LogP contribution in [-0.2, 0) is 12.7 Å². The van der Waals surface area contributed by atoms with E-state index in [1.165, 1.54) is 6.42 Å². The largest absolute Gasteiger partial charge is 0.433 e. The van der Waals surface area contributed by atoms with Crippen LogP contribution in [0, 0.1) is 11.8 Å². The van der Waals surface area contributed by atoms with E-state index in [0.717, 1.165) is 24.0 Å². The number of piperidine rings is 1. The third kappa shape index (κ3) is 4.49. The minimum absolute atomic E-state index is 0.0612. The standard InChI is InChI=1S/C16H25F3N4O/c1-4-23-14(16(17,18)19)13(8-21-23)15(24)20-5-6-22-9-11(2)7-12(3)10-22/h8,11-12H,4-7,9-10H2,1-3H3,(H,20,24)/t11-,12-/m0/s1. The highest BCUT2D eigenvalue weighted by Gasteiger charge is 2.39. The molecule has 0 radical (unpaired) electrons. The van der Waals surface area contributed by atoms with Gasteiger partial charge in [0, 0.05) is 32.7 Å². The number of carbonyl (C=O) groups is 1. The Morgan fingerprint density at radius 3 is 2.50 bits per heavy atom. The highest BCUT2D eigenvalue weighted by atomic mass is 19.4. The summed E-state index contributed by atoms with van der Waals surface area (Å²) in [6, 6.07) is 0. The first-order valence-corrected chi connectivity index (χ1v) is 8.35. The summed E-state index contributed by atoms with van der Waals surface area (Å²) >= 11 is 0. The van der Waals surface area contributed by atoms with Crippen LogP contribution in [-0.4, -0.2) is 46.8 Å². The summed E-state index contributed by atoms with van der Waals surface area (Å²) in [6.45, 7) is 8.89. The summed E-state index contributed by atoms with van der Waals surface area (Å²) in [7, 11) is 0. The molecule has 2 heterocycles. The van der Waals surface area contributed by atoms with E-state index in [1.807, 2.05) is 0 Å². The number of aromatic nitrogens is 2. The maximum atomic E-state index is 13.1. The van der Waals surface area contributed by atoms with Crippen LogP contribution in [0.4, 0.5) is 13.2 Å². The molecule has 0 aromatic carbocycles. The third-order valence-corrected chi connectivity index (χ3v) is 4.31. The zero-order valence-electron chi connectivity index (χ0n) is 14.4. The van der Waals surface area contributed by atoms with Crippen molar-refractivity contribution in [2.24, 2.45) is 11.8 Å². The van der Waals surface area contributed by atoms with E-state index in [-0.39, 0.29) is 6.54 Å². The van der Waals surface area contributed by atoms with Gasteiger partial charge in [-0.25, -0.2) is 0 Å². The minimum atomic E-state index is -4.60. The van der Waals surface area contributed by atoms with E-state index < -0.39 is 23.3 Å². The number of nitrogens with one attached hydrogen (secondary N) is 1. The van der Waals surface area contributed by atoms with Gasteiger partial charge < -0.3 is 10.2 Å². The van der Waals surface area contributed by atoms with Crippen LogP contribution >= 0.6 is 0 Å². The van der Waals surface area contributed by atoms with Gasteiger partial charge in [-0.1, -0.05) is 13.8 Å². The predicted octanol–water partition coefficient (Wildman–Crippen LogP) is 2.63. The van der Waals surface area contributed by atoms with Crippen molar-refractivity contribution < 1.29 is 18.0 Å². The number of halogens is 3. The summed E-state index contributed by atoms with van der Waals surface area (Å²) in [4.78, 5) is 14.4. The van der Waals surface area contributed by atoms with Gasteiger partial charge in [0.05, 0.1) is 11.8 Å². The molecule has 0 unspecified atom stereocenters. The monoisotopic (exact) mass is 346 g/mol. The van der Waals surface area contributed by atoms with Crippen molar-refractivity contribution in [2.45, 2.75) is 39.9 Å². The number of nitrogens with zero attached hydrogens (tertiary/aromatic N) is 3. The molecule has 1 N–H and O–H groups in total. The van der Waals surface area contributed by atoms with E-state index >= 15 is 0 Å². The van der Waals surface area contributed by atoms with E-state index in [2.05, 4.69) is 29.2 Å². The molecule has 0 bridgehead atoms. The van der Waals surface area contributed by atoms with Crippen molar-refractivity contribution in [1.29, 1.82) is 0 Å². The lowest BCUT2D eigenvalue weighted by Crippen LogP contribution is -2.43. The molecule has 1 aliphatic rings. The van der Waals surface area contributed by atoms with Gasteiger partial charge in [0.1, 0.15) is 0 Å². The average molecular weight is 346 g/mol. The molecule has 0 spiro atoms. The van der Waals surface area contributed by atoms with Gasteiger partial charge in [0.15, 0.2) is 5.69 Å². The van der Waals surface area contributed by atoms with Crippen LogP contribution in [0.25, 0.3) is 0 Å². The van der Waals surface area contributed by atoms with Gasteiger partial charge >= 0.3 is 6.18 Å². The van der Waals surface area contributed by atoms with Crippen LogP contribution in [0.3, 0.4) is 0 Å². The number of hydrogen-bond donors (Lipinski definition) is 1. The van der Waals surface area contributed by atoms with Crippen LogP contribution in [0.1, 0.15) is 43.2 Å². The molecule has 0 saturated carbocycles. The molecule has 0 aliphatic carbocycles. The number of likely N-dealkylation sites (tertiary alicyclic amines) is 1. The SMILES string of the molecule is CCn1ncc(C(=O)NCCN2C[C@@H](C)C[C@H](C)C2)c1C(F)(F)F. The number of rotatable bonds is 5. The molecule has 1 saturated heterocycles. The lowest BCUT2D eigenvalue weighted by molar-refractivity contribution is -0.144. The maximum Gasteiger partial charge on any atom is 0.433 e. The summed E-state index contributed by atoms with van der Waals surface area (Å²) in [5, 5.41) is 6.26. The molecule has 2 atom stereocenters. The van der Waals surface area contributed by atoms with Crippen molar-refractivity contribution in [3.63, 3.8) is 0 Å². The van der Waals surface area contributed by atoms with E-state index in [1.54, 1.807) is 6.92 Å². The first-order chi connectivity index (χ1) is 11.2. The Kier molecular flexibility index (Phi) is 5.90. The number of aryl methyl sites for hydroxylation is 1. The summed E-state index contributed by atoms with van der Waals surface area (Å²) in [5.74, 6) is 0.480. The van der Waals surface area contributed by atoms with Crippen molar-refractivity contribution in [3.05, 3.63) is 17.5 Å². The Balaban J connectivity index is 1.95. The van der Waals surface area contributed by atoms with E-state index in [4.69, 9.17) is 0 Å². The lowest BCUT2D eigenvalue weighted by Gasteiger charge is -2.34. The van der Waals surface area contributed by atoms with Crippen LogP contribution in [0.15, 0.2) is 6.20 Å². The highest BCUT2D eigenvalue weighted by Crippen LogP contribution is 2.32. The smallest absolute Gasteiger partial charge is 0.351 e. The van der Waals surface area contributed by atoms with Gasteiger partial charge in [-0.2, -0.15) is 18.3 Å². The van der Waals surface area contributed by atoms with Gasteiger partial charge in [0.25, 0.3) is 5.91 Å². The molecular formula is C16H25F3N4O. The first kappa shape index (κ1) is 18.8. The second-order valence-electron chi connectivity index (χ2n) is 6.68. The Morgan fingerprint density at radius 1 is 1.33 bits per heavy atom. The molecule has 1 fully saturated rings. The van der Waals surface area contributed by atoms with Crippen LogP contribution < -0.4 is 5.32 Å².